The topological polar surface area (TPSA) is 82.9 Å². The largest absolute Gasteiger partial charge is 0.326 e. The van der Waals surface area contributed by atoms with Gasteiger partial charge in [-0.3, -0.25) is 9.59 Å². The number of anilines is 2. The minimum absolute atomic E-state index is 0.0538. The van der Waals surface area contributed by atoms with Crippen LogP contribution in [0.4, 0.5) is 22.7 Å². The molecule has 0 radical (unpaired) electrons. The summed E-state index contributed by atoms with van der Waals surface area (Å²) in [6.45, 7) is 10.2. The molecule has 6 nitrogen and oxygen atoms in total. The molecule has 2 amide bonds. The van der Waals surface area contributed by atoms with E-state index in [9.17, 15) is 9.59 Å². The van der Waals surface area contributed by atoms with Crippen LogP contribution in [0.3, 0.4) is 0 Å². The van der Waals surface area contributed by atoms with Crippen molar-refractivity contribution < 1.29 is 9.59 Å². The molecule has 0 aliphatic heterocycles. The van der Waals surface area contributed by atoms with Gasteiger partial charge in [-0.15, -0.1) is 0 Å². The van der Waals surface area contributed by atoms with Gasteiger partial charge in [0, 0.05) is 22.7 Å². The van der Waals surface area contributed by atoms with Crippen LogP contribution in [0.2, 0.25) is 0 Å². The number of rotatable bonds is 14. The van der Waals surface area contributed by atoms with Crippen LogP contribution in [-0.4, -0.2) is 17.8 Å². The average molecular weight is 615 g/mol. The Balaban J connectivity index is 1.27. The van der Waals surface area contributed by atoms with E-state index in [1.54, 1.807) is 0 Å². The Kier molecular flexibility index (Phi) is 12.2. The Bertz CT molecular complexity index is 1630. The monoisotopic (exact) mass is 614 g/mol. The molecule has 46 heavy (non-hydrogen) atoms. The van der Waals surface area contributed by atoms with E-state index in [0.29, 0.717) is 0 Å². The molecule has 0 aliphatic rings. The van der Waals surface area contributed by atoms with E-state index in [1.807, 2.05) is 69.3 Å². The number of nitrogens with one attached hydrogen (secondary N) is 2. The average Bonchev–Trinajstić information content (AvgIpc) is 3.08. The molecule has 0 heterocycles. The predicted octanol–water partition coefficient (Wildman–Crippen LogP) is 10.1. The number of carbonyl (C=O) groups is 2. The van der Waals surface area contributed by atoms with E-state index in [4.69, 9.17) is 0 Å². The third kappa shape index (κ3) is 9.60. The van der Waals surface area contributed by atoms with Crippen molar-refractivity contribution in [1.82, 2.24) is 0 Å². The molecular weight excluding hydrogens is 568 g/mol. The molecule has 238 valence electrons. The second kappa shape index (κ2) is 16.5. The molecule has 0 unspecified atom stereocenters. The number of benzene rings is 4. The zero-order chi connectivity index (χ0) is 32.9. The van der Waals surface area contributed by atoms with Gasteiger partial charge in [0.1, 0.15) is 6.01 Å². The van der Waals surface area contributed by atoms with Gasteiger partial charge in [-0.1, -0.05) is 83.1 Å². The Labute approximate surface area is 274 Å². The molecule has 0 fully saturated rings. The minimum atomic E-state index is -0.345. The van der Waals surface area contributed by atoms with Crippen LogP contribution in [0.5, 0.6) is 0 Å². The summed E-state index contributed by atoms with van der Waals surface area (Å²) in [5, 5.41) is 6.08. The molecule has 0 bridgehead atoms. The van der Waals surface area contributed by atoms with Gasteiger partial charge in [-0.05, 0) is 109 Å². The maximum absolute atomic E-state index is 12.7. The fraction of sp³-hybridized carbons (Fsp3) is 0.325. The first kappa shape index (κ1) is 34.1. The third-order valence-electron chi connectivity index (χ3n) is 8.95. The van der Waals surface area contributed by atoms with Crippen LogP contribution >= 0.6 is 0 Å². The number of carbonyl (C=O) groups excluding carboxylic acids is 2. The van der Waals surface area contributed by atoms with E-state index in [0.717, 1.165) is 61.3 Å². The van der Waals surface area contributed by atoms with E-state index < -0.39 is 0 Å². The first-order valence-corrected chi connectivity index (χ1v) is 16.4. The van der Waals surface area contributed by atoms with Crippen molar-refractivity contribution in [3.63, 3.8) is 0 Å². The first-order chi connectivity index (χ1) is 22.2. The summed E-state index contributed by atoms with van der Waals surface area (Å²) < 4.78 is 0. The zero-order valence-electron chi connectivity index (χ0n) is 27.8. The van der Waals surface area contributed by atoms with Crippen LogP contribution < -0.4 is 10.6 Å². The van der Waals surface area contributed by atoms with Crippen LogP contribution in [0.25, 0.3) is 0 Å². The Morgan fingerprint density at radius 3 is 1.35 bits per heavy atom. The Morgan fingerprint density at radius 1 is 0.609 bits per heavy atom. The molecule has 0 aromatic heterocycles. The van der Waals surface area contributed by atoms with Gasteiger partial charge in [0.05, 0.1) is 11.4 Å². The van der Waals surface area contributed by atoms with Gasteiger partial charge in [0.2, 0.25) is 11.8 Å². The van der Waals surface area contributed by atoms with Gasteiger partial charge in [-0.25, -0.2) is 0 Å². The smallest absolute Gasteiger partial charge is 0.230 e. The van der Waals surface area contributed by atoms with Crippen LogP contribution in [-0.2, 0) is 22.4 Å². The summed E-state index contributed by atoms with van der Waals surface area (Å²) in [7, 11) is 0. The van der Waals surface area contributed by atoms with Crippen molar-refractivity contribution in [2.24, 2.45) is 21.3 Å². The summed E-state index contributed by atoms with van der Waals surface area (Å²) in [5.41, 5.74) is 7.59. The quantitative estimate of drug-likeness (QED) is 0.139. The normalized spacial score (nSPS) is 11.1. The lowest BCUT2D eigenvalue weighted by Gasteiger charge is -2.25. The highest BCUT2D eigenvalue weighted by molar-refractivity contribution is 5.95. The van der Waals surface area contributed by atoms with Gasteiger partial charge < -0.3 is 10.6 Å². The summed E-state index contributed by atoms with van der Waals surface area (Å²) in [6, 6.07) is 35.0. The van der Waals surface area contributed by atoms with Crippen molar-refractivity contribution in [3.05, 3.63) is 119 Å². The summed E-state index contributed by atoms with van der Waals surface area (Å²) in [4.78, 5) is 33.7. The van der Waals surface area contributed by atoms with Gasteiger partial charge >= 0.3 is 0 Å². The van der Waals surface area contributed by atoms with Gasteiger partial charge in [0.15, 0.2) is 0 Å². The fourth-order valence-electron chi connectivity index (χ4n) is 5.16. The number of aliphatic imine (C=N–C) groups is 2. The molecule has 2 N–H and O–H groups in total. The highest BCUT2D eigenvalue weighted by Crippen LogP contribution is 2.27. The van der Waals surface area contributed by atoms with Gasteiger partial charge in [-0.2, -0.15) is 9.98 Å². The standard InChI is InChI=1S/C40H46N4O2/c1-6-33(7-2)38(45)43-36-22-14-31(15-23-36)26-29-10-18-34(19-11-29)41-28-42-35-20-12-30(13-21-35)27-32-16-24-37(25-17-32)44-39(46)40(5,8-3)9-4/h10-25,33H,6-9,26-27H2,1-5H3,(H,43,45)(H,44,46). The lowest BCUT2D eigenvalue weighted by atomic mass is 9.84. The van der Waals surface area contributed by atoms with E-state index >= 15 is 0 Å². The van der Waals surface area contributed by atoms with Crippen LogP contribution in [0.15, 0.2) is 107 Å². The van der Waals surface area contributed by atoms with Crippen LogP contribution in [0, 0.1) is 11.3 Å². The van der Waals surface area contributed by atoms with Crippen molar-refractivity contribution in [2.45, 2.75) is 73.1 Å². The van der Waals surface area contributed by atoms with E-state index in [-0.39, 0.29) is 23.1 Å². The van der Waals surface area contributed by atoms with Crippen molar-refractivity contribution in [3.8, 4) is 0 Å². The van der Waals surface area contributed by atoms with E-state index in [2.05, 4.69) is 89.0 Å². The first-order valence-electron chi connectivity index (χ1n) is 16.4. The van der Waals surface area contributed by atoms with E-state index in [1.165, 1.54) is 22.3 Å². The van der Waals surface area contributed by atoms with Gasteiger partial charge in [0.25, 0.3) is 0 Å². The lowest BCUT2D eigenvalue weighted by molar-refractivity contribution is -0.125. The van der Waals surface area contributed by atoms with Crippen molar-refractivity contribution in [1.29, 1.82) is 0 Å². The number of hydrogen-bond acceptors (Lipinski definition) is 4. The molecule has 4 aromatic carbocycles. The third-order valence-corrected chi connectivity index (χ3v) is 8.95. The second-order valence-corrected chi connectivity index (χ2v) is 12.1. The zero-order valence-corrected chi connectivity index (χ0v) is 27.8. The van der Waals surface area contributed by atoms with Crippen LogP contribution in [0.1, 0.15) is 82.6 Å². The SMILES string of the molecule is CCC(CC)C(=O)Nc1ccc(Cc2ccc(N=C=Nc3ccc(Cc4ccc(NC(=O)C(C)(CC)CC)cc4)cc3)cc2)cc1. The highest BCUT2D eigenvalue weighted by atomic mass is 16.2. The molecule has 4 aromatic rings. The summed E-state index contributed by atoms with van der Waals surface area (Å²) in [6.07, 6.45) is 4.90. The maximum Gasteiger partial charge on any atom is 0.230 e. The molecule has 4 rings (SSSR count). The van der Waals surface area contributed by atoms with Crippen molar-refractivity contribution >= 4 is 40.6 Å². The number of nitrogens with zero attached hydrogens (tertiary/aromatic N) is 2. The number of amides is 2. The fourth-order valence-corrected chi connectivity index (χ4v) is 5.16. The number of hydrogen-bond donors (Lipinski definition) is 2. The molecule has 6 heteroatoms. The maximum atomic E-state index is 12.7. The summed E-state index contributed by atoms with van der Waals surface area (Å²) in [5.74, 6) is 0.210. The highest BCUT2D eigenvalue weighted by Gasteiger charge is 2.29. The molecule has 0 aliphatic carbocycles. The summed E-state index contributed by atoms with van der Waals surface area (Å²) >= 11 is 0. The molecular formula is C40H46N4O2. The predicted molar refractivity (Wildman–Crippen MR) is 191 cm³/mol. The molecule has 0 atom stereocenters. The minimum Gasteiger partial charge on any atom is -0.326 e. The molecule has 0 saturated heterocycles. The molecule has 0 spiro atoms. The van der Waals surface area contributed by atoms with Crippen molar-refractivity contribution in [2.75, 3.05) is 10.6 Å². The lowest BCUT2D eigenvalue weighted by Crippen LogP contribution is -2.32. The Hall–Kier alpha value is -4.80. The Morgan fingerprint density at radius 2 is 0.978 bits per heavy atom. The molecule has 0 saturated carbocycles. The second-order valence-electron chi connectivity index (χ2n) is 12.1.